The molecule has 146 valence electrons. The van der Waals surface area contributed by atoms with Gasteiger partial charge in [0.05, 0.1) is 0 Å². The van der Waals surface area contributed by atoms with Gasteiger partial charge in [0.25, 0.3) is 0 Å². The van der Waals surface area contributed by atoms with Crippen molar-refractivity contribution in [3.63, 3.8) is 0 Å². The van der Waals surface area contributed by atoms with Crippen LogP contribution < -0.4 is 24.8 Å². The van der Waals surface area contributed by atoms with Gasteiger partial charge in [-0.05, 0) is 6.42 Å². The Morgan fingerprint density at radius 1 is 0.821 bits per heavy atom. The summed E-state index contributed by atoms with van der Waals surface area (Å²) in [6.45, 7) is 4.00. The van der Waals surface area contributed by atoms with E-state index < -0.39 is 0 Å². The van der Waals surface area contributed by atoms with Crippen molar-refractivity contribution in [3.8, 4) is 11.1 Å². The van der Waals surface area contributed by atoms with Crippen molar-refractivity contribution in [2.24, 2.45) is 0 Å². The normalized spacial score (nSPS) is 9.64. The van der Waals surface area contributed by atoms with Crippen LogP contribution >= 0.6 is 0 Å². The molecule has 0 nitrogen and oxygen atoms in total. The van der Waals surface area contributed by atoms with Crippen molar-refractivity contribution in [1.82, 2.24) is 0 Å². The summed E-state index contributed by atoms with van der Waals surface area (Å²) in [6.07, 6.45) is 3.05. The second kappa shape index (κ2) is 13.8. The Morgan fingerprint density at radius 2 is 1.46 bits per heavy atom. The minimum atomic E-state index is 0. The fourth-order valence-corrected chi connectivity index (χ4v) is 3.07. The zero-order valence-electron chi connectivity index (χ0n) is 16.1. The van der Waals surface area contributed by atoms with E-state index in [1.54, 1.807) is 0 Å². The van der Waals surface area contributed by atoms with Crippen molar-refractivity contribution in [2.45, 2.75) is 20.3 Å². The van der Waals surface area contributed by atoms with E-state index in [9.17, 15) is 0 Å². The molecule has 1 aliphatic carbocycles. The summed E-state index contributed by atoms with van der Waals surface area (Å²) in [5, 5.41) is 2.66. The van der Waals surface area contributed by atoms with Gasteiger partial charge < -0.3 is 31.2 Å². The van der Waals surface area contributed by atoms with Gasteiger partial charge >= 0.3 is 0 Å². The average Bonchev–Trinajstić information content (AvgIpc) is 3.27. The standard InChI is InChI=1S/C13H9.C9H7.C3H7.2ClH.Hf/c1-3-7-12-10(5-1)9-11-6-2-4-8-13(11)12;1-2-5-9-7-3-6-8(9)4-1;1-3-2;;;/h1-5,7-8H,9H2;1-7H;3H,1-2H3;2*1H;/q3*-1;;;/p-2. The summed E-state index contributed by atoms with van der Waals surface area (Å²) in [7, 11) is 0. The van der Waals surface area contributed by atoms with Gasteiger partial charge in [-0.3, -0.25) is 0 Å². The molecule has 0 fully saturated rings. The first kappa shape index (κ1) is 26.7. The molecule has 0 N–H and O–H groups in total. The Balaban J connectivity index is 0.000000434. The van der Waals surface area contributed by atoms with Crippen molar-refractivity contribution in [3.05, 3.63) is 109 Å². The van der Waals surface area contributed by atoms with E-state index in [2.05, 4.69) is 84.9 Å². The molecule has 4 aromatic carbocycles. The molecule has 0 spiro atoms. The molecule has 5 rings (SSSR count). The monoisotopic (exact) mass is 573 g/mol. The van der Waals surface area contributed by atoms with Gasteiger partial charge in [-0.25, -0.2) is 0 Å². The summed E-state index contributed by atoms with van der Waals surface area (Å²) in [5.74, 6) is 0. The molecule has 0 radical (unpaired) electrons. The molecule has 0 amide bonds. The van der Waals surface area contributed by atoms with Crippen molar-refractivity contribution >= 4 is 10.8 Å². The molecule has 1 aliphatic rings. The predicted octanol–water partition coefficient (Wildman–Crippen LogP) is 0.853. The Hall–Kier alpha value is -1.28. The Bertz CT molecular complexity index is 870. The summed E-state index contributed by atoms with van der Waals surface area (Å²) < 4.78 is 0. The third kappa shape index (κ3) is 6.65. The van der Waals surface area contributed by atoms with Crippen LogP contribution in [-0.4, -0.2) is 0 Å². The molecule has 0 aromatic heterocycles. The summed E-state index contributed by atoms with van der Waals surface area (Å²) >= 11 is 0. The van der Waals surface area contributed by atoms with Crippen LogP contribution in [0.15, 0.2) is 84.9 Å². The van der Waals surface area contributed by atoms with Gasteiger partial charge in [0.1, 0.15) is 0 Å². The number of halogens is 2. The molecule has 0 unspecified atom stereocenters. The maximum Gasteiger partial charge on any atom is 0 e. The number of benzene rings is 3. The first-order valence-electron chi connectivity index (χ1n) is 8.75. The van der Waals surface area contributed by atoms with Crippen LogP contribution in [0.4, 0.5) is 0 Å². The minimum absolute atomic E-state index is 0. The van der Waals surface area contributed by atoms with Crippen LogP contribution in [0.25, 0.3) is 21.9 Å². The molecule has 0 saturated carbocycles. The molecule has 0 bridgehead atoms. The molecule has 0 atom stereocenters. The maximum atomic E-state index is 3.30. The van der Waals surface area contributed by atoms with Gasteiger partial charge in [-0.1, -0.05) is 41.5 Å². The van der Waals surface area contributed by atoms with Gasteiger partial charge in [0, 0.05) is 25.8 Å². The van der Waals surface area contributed by atoms with Crippen LogP contribution in [0.2, 0.25) is 0 Å². The largest absolute Gasteiger partial charge is 1.00 e. The van der Waals surface area contributed by atoms with Crippen molar-refractivity contribution in [1.29, 1.82) is 0 Å². The Morgan fingerprint density at radius 3 is 2.21 bits per heavy atom. The average molecular weight is 573 g/mol. The molecule has 0 aliphatic heterocycles. The molecule has 3 heteroatoms. The minimum Gasteiger partial charge on any atom is -1.00 e. The zero-order valence-corrected chi connectivity index (χ0v) is 21.2. The third-order valence-electron chi connectivity index (χ3n) is 4.16. The molecular formula is C25H23Cl2Hf-5. The van der Waals surface area contributed by atoms with E-state index in [0.29, 0.717) is 0 Å². The van der Waals surface area contributed by atoms with Crippen LogP contribution in [0.3, 0.4) is 0 Å². The van der Waals surface area contributed by atoms with Crippen LogP contribution in [0.1, 0.15) is 25.0 Å². The van der Waals surface area contributed by atoms with E-state index >= 15 is 0 Å². The Labute approximate surface area is 200 Å². The fourth-order valence-electron chi connectivity index (χ4n) is 3.07. The summed E-state index contributed by atoms with van der Waals surface area (Å²) in [5.41, 5.74) is 5.51. The first-order valence-corrected chi connectivity index (χ1v) is 8.75. The van der Waals surface area contributed by atoms with E-state index in [1.807, 2.05) is 26.3 Å². The summed E-state index contributed by atoms with van der Waals surface area (Å²) in [4.78, 5) is 0. The van der Waals surface area contributed by atoms with E-state index in [0.717, 1.165) is 6.42 Å². The number of hydrogen-bond acceptors (Lipinski definition) is 0. The SMILES string of the molecule is C[CH-]C.[Cl-].[Cl-].[Hf].[c-]1cccc2c1Cc1ccccc1-2.c1ccc2[cH-]ccc2c1. The molecule has 28 heavy (non-hydrogen) atoms. The third-order valence-corrected chi connectivity index (χ3v) is 4.16. The zero-order chi connectivity index (χ0) is 17.5. The molecule has 0 heterocycles. The van der Waals surface area contributed by atoms with Crippen LogP contribution in [0.5, 0.6) is 0 Å². The first-order chi connectivity index (χ1) is 12.3. The second-order valence-corrected chi connectivity index (χ2v) is 6.13. The second-order valence-electron chi connectivity index (χ2n) is 6.13. The topological polar surface area (TPSA) is 0 Å². The van der Waals surface area contributed by atoms with Crippen LogP contribution in [-0.2, 0) is 32.3 Å². The van der Waals surface area contributed by atoms with Gasteiger partial charge in [0.2, 0.25) is 0 Å². The fraction of sp³-hybridized carbons (Fsp3) is 0.120. The van der Waals surface area contributed by atoms with E-state index in [-0.39, 0.29) is 50.7 Å². The maximum absolute atomic E-state index is 3.30. The molecule has 4 aromatic rings. The number of rotatable bonds is 0. The molecular weight excluding hydrogens is 550 g/mol. The van der Waals surface area contributed by atoms with Gasteiger partial charge in [0.15, 0.2) is 0 Å². The van der Waals surface area contributed by atoms with Crippen molar-refractivity contribution in [2.75, 3.05) is 0 Å². The number of fused-ring (bicyclic) bond motifs is 4. The Kier molecular flexibility index (Phi) is 13.2. The smallest absolute Gasteiger partial charge is 0 e. The van der Waals surface area contributed by atoms with Crippen LogP contribution in [0, 0.1) is 12.5 Å². The van der Waals surface area contributed by atoms with Crippen molar-refractivity contribution < 1.29 is 50.7 Å². The number of hydrogen-bond donors (Lipinski definition) is 0. The van der Waals surface area contributed by atoms with Gasteiger partial charge in [-0.2, -0.15) is 61.2 Å². The summed E-state index contributed by atoms with van der Waals surface area (Å²) in [6, 6.07) is 32.8. The van der Waals surface area contributed by atoms with E-state index in [1.165, 1.54) is 33.0 Å². The van der Waals surface area contributed by atoms with Gasteiger partial charge in [-0.15, -0.1) is 35.2 Å². The molecule has 0 saturated heterocycles. The predicted molar refractivity (Wildman–Crippen MR) is 109 cm³/mol. The quantitative estimate of drug-likeness (QED) is 0.191. The van der Waals surface area contributed by atoms with E-state index in [4.69, 9.17) is 0 Å².